The molecule has 1 aromatic heterocycles. The molecule has 1 aromatic rings. The summed E-state index contributed by atoms with van der Waals surface area (Å²) in [6.07, 6.45) is 3.15. The van der Waals surface area contributed by atoms with Crippen LogP contribution in [0.5, 0.6) is 0 Å². The van der Waals surface area contributed by atoms with E-state index in [0.717, 1.165) is 7.15 Å². The van der Waals surface area contributed by atoms with E-state index >= 15 is 0 Å². The molecule has 0 spiro atoms. The SMILES string of the molecule is O=Bc1cccnc1. The van der Waals surface area contributed by atoms with E-state index in [9.17, 15) is 4.70 Å². The maximum absolute atomic E-state index is 9.97. The van der Waals surface area contributed by atoms with Gasteiger partial charge in [0.05, 0.1) is 0 Å². The van der Waals surface area contributed by atoms with E-state index in [1.54, 1.807) is 18.3 Å². The number of rotatable bonds is 1. The van der Waals surface area contributed by atoms with Gasteiger partial charge in [-0.1, -0.05) is 0 Å². The molecule has 38 valence electrons. The van der Waals surface area contributed by atoms with E-state index in [1.165, 1.54) is 6.20 Å². The molecule has 0 aromatic carbocycles. The Bertz CT molecular complexity index is 175. The zero-order valence-electron chi connectivity index (χ0n) is 4.24. The molecule has 0 N–H and O–H groups in total. The van der Waals surface area contributed by atoms with Gasteiger partial charge in [0.1, 0.15) is 0 Å². The molecule has 0 fully saturated rings. The second-order valence-electron chi connectivity index (χ2n) is 1.40. The standard InChI is InChI=1S/C5H4BNO/c8-6-5-2-1-3-7-4-5/h1-4H. The Kier molecular flexibility index (Phi) is 1.52. The van der Waals surface area contributed by atoms with Crippen molar-refractivity contribution in [2.45, 2.75) is 0 Å². The van der Waals surface area contributed by atoms with Gasteiger partial charge in [-0.05, 0) is 0 Å². The minimum atomic E-state index is 0.618. The third-order valence-electron chi connectivity index (χ3n) is 0.820. The van der Waals surface area contributed by atoms with Gasteiger partial charge in [0.15, 0.2) is 0 Å². The Labute approximate surface area is 47.8 Å². The minimum absolute atomic E-state index is 0.618. The number of hydrogen-bond donors (Lipinski definition) is 0. The number of nitrogens with zero attached hydrogens (tertiary/aromatic N) is 1. The second kappa shape index (κ2) is 2.35. The first-order valence-corrected chi connectivity index (χ1v) is 2.28. The van der Waals surface area contributed by atoms with Crippen LogP contribution in [0.1, 0.15) is 0 Å². The van der Waals surface area contributed by atoms with Crippen molar-refractivity contribution in [3.8, 4) is 0 Å². The first-order chi connectivity index (χ1) is 3.93. The molecule has 0 amide bonds. The van der Waals surface area contributed by atoms with E-state index in [4.69, 9.17) is 0 Å². The average molecular weight is 105 g/mol. The zero-order chi connectivity index (χ0) is 5.82. The fourth-order valence-corrected chi connectivity index (χ4v) is 0.446. The fourth-order valence-electron chi connectivity index (χ4n) is 0.446. The third-order valence-corrected chi connectivity index (χ3v) is 0.820. The van der Waals surface area contributed by atoms with Gasteiger partial charge in [-0.2, -0.15) is 0 Å². The van der Waals surface area contributed by atoms with Crippen LogP contribution in [0.3, 0.4) is 0 Å². The van der Waals surface area contributed by atoms with Crippen molar-refractivity contribution in [1.29, 1.82) is 0 Å². The summed E-state index contributed by atoms with van der Waals surface area (Å²) in [7, 11) is 0.771. The van der Waals surface area contributed by atoms with E-state index in [0.29, 0.717) is 5.46 Å². The molecule has 0 radical (unpaired) electrons. The quantitative estimate of drug-likeness (QED) is 0.461. The summed E-state index contributed by atoms with van der Waals surface area (Å²) in [6.45, 7) is 0. The van der Waals surface area contributed by atoms with Crippen molar-refractivity contribution in [3.05, 3.63) is 24.5 Å². The third kappa shape index (κ3) is 0.995. The van der Waals surface area contributed by atoms with E-state index < -0.39 is 0 Å². The molecule has 0 aliphatic heterocycles. The molecule has 8 heavy (non-hydrogen) atoms. The zero-order valence-corrected chi connectivity index (χ0v) is 4.24. The number of aromatic nitrogens is 1. The second-order valence-corrected chi connectivity index (χ2v) is 1.40. The van der Waals surface area contributed by atoms with Crippen LogP contribution in [0.2, 0.25) is 0 Å². The Morgan fingerprint density at radius 2 is 2.50 bits per heavy atom. The van der Waals surface area contributed by atoms with Crippen LogP contribution in [-0.2, 0) is 4.70 Å². The van der Waals surface area contributed by atoms with Gasteiger partial charge in [-0.3, -0.25) is 0 Å². The number of hydrogen-bond acceptors (Lipinski definition) is 2. The Morgan fingerprint density at radius 3 is 2.88 bits per heavy atom. The molecule has 0 aliphatic rings. The molecule has 2 nitrogen and oxygen atoms in total. The van der Waals surface area contributed by atoms with Gasteiger partial charge in [0.2, 0.25) is 0 Å². The van der Waals surface area contributed by atoms with Crippen molar-refractivity contribution < 1.29 is 4.70 Å². The van der Waals surface area contributed by atoms with Crippen LogP contribution in [0, 0.1) is 0 Å². The molecule has 0 bridgehead atoms. The Morgan fingerprint density at radius 1 is 1.62 bits per heavy atom. The van der Waals surface area contributed by atoms with Crippen LogP contribution in [0.15, 0.2) is 24.5 Å². The van der Waals surface area contributed by atoms with Gasteiger partial charge in [-0.15, -0.1) is 0 Å². The van der Waals surface area contributed by atoms with Crippen molar-refractivity contribution in [1.82, 2.24) is 4.98 Å². The molecule has 0 atom stereocenters. The Balaban J connectivity index is 2.99. The maximum atomic E-state index is 9.97. The summed E-state index contributed by atoms with van der Waals surface area (Å²) in [4.78, 5) is 3.72. The Hall–Kier alpha value is -0.985. The molecular weight excluding hydrogens is 101 g/mol. The molecule has 3 heteroatoms. The van der Waals surface area contributed by atoms with Crippen molar-refractivity contribution in [3.63, 3.8) is 0 Å². The molecule has 0 aliphatic carbocycles. The van der Waals surface area contributed by atoms with Gasteiger partial charge in [0, 0.05) is 0 Å². The van der Waals surface area contributed by atoms with Gasteiger partial charge in [0.25, 0.3) is 0 Å². The average Bonchev–Trinajstić information content (AvgIpc) is 1.90. The normalized spacial score (nSPS) is 8.00. The van der Waals surface area contributed by atoms with Gasteiger partial charge in [-0.25, -0.2) is 0 Å². The van der Waals surface area contributed by atoms with Crippen LogP contribution in [-0.4, -0.2) is 12.1 Å². The van der Waals surface area contributed by atoms with Crippen LogP contribution < -0.4 is 5.46 Å². The summed E-state index contributed by atoms with van der Waals surface area (Å²) >= 11 is 0. The van der Waals surface area contributed by atoms with E-state index in [2.05, 4.69) is 4.98 Å². The first kappa shape index (κ1) is 5.16. The van der Waals surface area contributed by atoms with Crippen LogP contribution >= 0.6 is 0 Å². The summed E-state index contributed by atoms with van der Waals surface area (Å²) in [5, 5.41) is 0. The van der Waals surface area contributed by atoms with Gasteiger partial charge >= 0.3 is 46.8 Å². The predicted octanol–water partition coefficient (Wildman–Crippen LogP) is -0.243. The van der Waals surface area contributed by atoms with Gasteiger partial charge < -0.3 is 0 Å². The topological polar surface area (TPSA) is 30.0 Å². The monoisotopic (exact) mass is 105 g/mol. The molecule has 1 heterocycles. The van der Waals surface area contributed by atoms with E-state index in [1.807, 2.05) is 0 Å². The summed E-state index contributed by atoms with van der Waals surface area (Å²) in [6, 6.07) is 3.43. The fraction of sp³-hybridized carbons (Fsp3) is 0. The predicted molar refractivity (Wildman–Crippen MR) is 30.3 cm³/mol. The molecule has 1 rings (SSSR count). The van der Waals surface area contributed by atoms with Crippen LogP contribution in [0.25, 0.3) is 0 Å². The number of pyridine rings is 1. The van der Waals surface area contributed by atoms with E-state index in [-0.39, 0.29) is 0 Å². The van der Waals surface area contributed by atoms with Crippen LogP contribution in [0.4, 0.5) is 0 Å². The summed E-state index contributed by atoms with van der Waals surface area (Å²) in [5.74, 6) is 0. The molecule has 0 saturated carbocycles. The van der Waals surface area contributed by atoms with Crippen molar-refractivity contribution >= 4 is 12.6 Å². The van der Waals surface area contributed by atoms with Crippen molar-refractivity contribution in [2.75, 3.05) is 0 Å². The first-order valence-electron chi connectivity index (χ1n) is 2.28. The van der Waals surface area contributed by atoms with Crippen molar-refractivity contribution in [2.24, 2.45) is 0 Å². The molecular formula is C5H4BNO. The summed E-state index contributed by atoms with van der Waals surface area (Å²) in [5.41, 5.74) is 0.618. The molecule has 0 saturated heterocycles. The summed E-state index contributed by atoms with van der Waals surface area (Å²) < 4.78 is 9.97. The molecule has 0 unspecified atom stereocenters.